The number of benzene rings is 2. The van der Waals surface area contributed by atoms with Crippen LogP contribution in [0, 0.1) is 20.8 Å². The van der Waals surface area contributed by atoms with Crippen LogP contribution >= 0.6 is 11.3 Å². The summed E-state index contributed by atoms with van der Waals surface area (Å²) in [7, 11) is 0. The zero-order valence-corrected chi connectivity index (χ0v) is 15.3. The molecule has 0 atom stereocenters. The molecule has 0 aliphatic carbocycles. The summed E-state index contributed by atoms with van der Waals surface area (Å²) in [6.45, 7) is 6.27. The largest absolute Gasteiger partial charge is 0.352 e. The van der Waals surface area contributed by atoms with Crippen molar-refractivity contribution in [3.63, 3.8) is 0 Å². The molecule has 1 amide bonds. The van der Waals surface area contributed by atoms with Crippen LogP contribution in [0.2, 0.25) is 0 Å². The summed E-state index contributed by atoms with van der Waals surface area (Å²) in [5, 5.41) is 7.83. The molecule has 1 aromatic heterocycles. The number of fused-ring (bicyclic) bond motifs is 1. The van der Waals surface area contributed by atoms with Crippen molar-refractivity contribution in [3.8, 4) is 0 Å². The number of rotatable bonds is 5. The second kappa shape index (κ2) is 7.44. The molecule has 0 radical (unpaired) electrons. The highest BCUT2D eigenvalue weighted by Crippen LogP contribution is 2.24. The van der Waals surface area contributed by atoms with Crippen LogP contribution in [0.25, 0.3) is 10.2 Å². The minimum Gasteiger partial charge on any atom is -0.352 e. The van der Waals surface area contributed by atoms with E-state index in [0.717, 1.165) is 32.0 Å². The summed E-state index contributed by atoms with van der Waals surface area (Å²) in [5.74, 6) is -0.210. The maximum absolute atomic E-state index is 11.9. The Morgan fingerprint density at radius 3 is 2.64 bits per heavy atom. The van der Waals surface area contributed by atoms with E-state index in [2.05, 4.69) is 39.9 Å². The van der Waals surface area contributed by atoms with E-state index in [4.69, 9.17) is 0 Å². The van der Waals surface area contributed by atoms with Gasteiger partial charge in [-0.3, -0.25) is 4.79 Å². The quantitative estimate of drug-likeness (QED) is 0.542. The molecule has 6 heteroatoms. The molecule has 0 bridgehead atoms. The molecule has 25 heavy (non-hydrogen) atoms. The van der Waals surface area contributed by atoms with E-state index in [9.17, 15) is 4.79 Å². The van der Waals surface area contributed by atoms with Crippen molar-refractivity contribution in [2.45, 2.75) is 20.8 Å². The van der Waals surface area contributed by atoms with Gasteiger partial charge < -0.3 is 5.32 Å². The van der Waals surface area contributed by atoms with Gasteiger partial charge in [0.25, 0.3) is 5.91 Å². The Bertz CT molecular complexity index is 889. The van der Waals surface area contributed by atoms with E-state index in [1.54, 1.807) is 6.21 Å². The summed E-state index contributed by atoms with van der Waals surface area (Å²) in [4.78, 5) is 16.4. The molecule has 0 unspecified atom stereocenters. The summed E-state index contributed by atoms with van der Waals surface area (Å²) in [6, 6.07) is 12.1. The lowest BCUT2D eigenvalue weighted by molar-refractivity contribution is -0.119. The highest BCUT2D eigenvalue weighted by Gasteiger charge is 2.05. The minimum atomic E-state index is -0.210. The number of nitrogens with one attached hydrogen (secondary N) is 2. The van der Waals surface area contributed by atoms with E-state index >= 15 is 0 Å². The Hall–Kier alpha value is -2.73. The Balaban J connectivity index is 1.56. The van der Waals surface area contributed by atoms with Crippen molar-refractivity contribution in [3.05, 3.63) is 58.7 Å². The van der Waals surface area contributed by atoms with Crippen molar-refractivity contribution in [2.75, 3.05) is 11.9 Å². The maximum atomic E-state index is 11.9. The second-order valence-corrected chi connectivity index (χ2v) is 6.98. The van der Waals surface area contributed by atoms with Crippen LogP contribution in [-0.2, 0) is 4.79 Å². The molecule has 0 aliphatic heterocycles. The molecule has 3 aromatic rings. The van der Waals surface area contributed by atoms with Crippen LogP contribution in [0.5, 0.6) is 0 Å². The number of para-hydroxylation sites is 1. The number of hydrazone groups is 1. The van der Waals surface area contributed by atoms with Crippen molar-refractivity contribution in [1.82, 2.24) is 10.4 Å². The molecule has 1 heterocycles. The Morgan fingerprint density at radius 1 is 1.20 bits per heavy atom. The molecular weight excluding hydrogens is 332 g/mol. The molecule has 0 aliphatic rings. The van der Waals surface area contributed by atoms with Gasteiger partial charge in [-0.25, -0.2) is 10.4 Å². The third-order valence-electron chi connectivity index (χ3n) is 3.81. The third-order valence-corrected chi connectivity index (χ3v) is 4.81. The zero-order chi connectivity index (χ0) is 17.8. The van der Waals surface area contributed by atoms with Crippen LogP contribution < -0.4 is 10.7 Å². The fraction of sp³-hybridized carbons (Fsp3) is 0.211. The lowest BCUT2D eigenvalue weighted by Crippen LogP contribution is -2.25. The lowest BCUT2D eigenvalue weighted by Gasteiger charge is -2.06. The van der Waals surface area contributed by atoms with Gasteiger partial charge in [0, 0.05) is 5.56 Å². The molecule has 3 rings (SSSR count). The molecular formula is C19H20N4OS. The number of carbonyl (C=O) groups excluding carboxylic acids is 1. The van der Waals surface area contributed by atoms with E-state index < -0.39 is 0 Å². The SMILES string of the molecule is Cc1cc(C)c(/C=N\NC(=O)CNc2nc3ccccc3s2)c(C)c1. The number of aromatic nitrogens is 1. The molecule has 128 valence electrons. The minimum absolute atomic E-state index is 0.128. The van der Waals surface area contributed by atoms with Crippen molar-refractivity contribution < 1.29 is 4.79 Å². The topological polar surface area (TPSA) is 66.4 Å². The van der Waals surface area contributed by atoms with Gasteiger partial charge in [-0.2, -0.15) is 5.10 Å². The maximum Gasteiger partial charge on any atom is 0.259 e. The standard InChI is InChI=1S/C19H20N4OS/c1-12-8-13(2)15(14(3)9-12)10-21-23-18(24)11-20-19-22-16-6-4-5-7-17(16)25-19/h4-10H,11H2,1-3H3,(H,20,22)(H,23,24)/b21-10-. The molecule has 0 saturated heterocycles. The number of hydrogen-bond acceptors (Lipinski definition) is 5. The molecule has 5 nitrogen and oxygen atoms in total. The Morgan fingerprint density at radius 2 is 1.92 bits per heavy atom. The van der Waals surface area contributed by atoms with Gasteiger partial charge in [0.1, 0.15) is 0 Å². The van der Waals surface area contributed by atoms with Gasteiger partial charge in [0.15, 0.2) is 5.13 Å². The fourth-order valence-electron chi connectivity index (χ4n) is 2.71. The van der Waals surface area contributed by atoms with E-state index in [1.165, 1.54) is 16.9 Å². The molecule has 0 saturated carbocycles. The van der Waals surface area contributed by atoms with Crippen LogP contribution in [0.3, 0.4) is 0 Å². The van der Waals surface area contributed by atoms with Crippen LogP contribution in [0.1, 0.15) is 22.3 Å². The van der Waals surface area contributed by atoms with Crippen LogP contribution in [0.15, 0.2) is 41.5 Å². The highest BCUT2D eigenvalue weighted by molar-refractivity contribution is 7.22. The third kappa shape index (κ3) is 4.22. The summed E-state index contributed by atoms with van der Waals surface area (Å²) >= 11 is 1.52. The van der Waals surface area contributed by atoms with Crippen LogP contribution in [0.4, 0.5) is 5.13 Å². The van der Waals surface area contributed by atoms with E-state index in [-0.39, 0.29) is 12.5 Å². The van der Waals surface area contributed by atoms with E-state index in [0.29, 0.717) is 0 Å². The summed E-state index contributed by atoms with van der Waals surface area (Å²) < 4.78 is 1.09. The fourth-order valence-corrected chi connectivity index (χ4v) is 3.57. The monoisotopic (exact) mass is 352 g/mol. The van der Waals surface area contributed by atoms with Gasteiger partial charge in [-0.15, -0.1) is 0 Å². The van der Waals surface area contributed by atoms with Crippen molar-refractivity contribution in [1.29, 1.82) is 0 Å². The van der Waals surface area contributed by atoms with Gasteiger partial charge in [-0.05, 0) is 44.0 Å². The van der Waals surface area contributed by atoms with E-state index in [1.807, 2.05) is 38.1 Å². The molecule has 2 N–H and O–H groups in total. The average Bonchev–Trinajstić information content (AvgIpc) is 2.98. The first-order chi connectivity index (χ1) is 12.0. The number of anilines is 1. The lowest BCUT2D eigenvalue weighted by atomic mass is 10.0. The number of thiazole rings is 1. The molecule has 0 spiro atoms. The summed E-state index contributed by atoms with van der Waals surface area (Å²) in [5.41, 5.74) is 8.01. The highest BCUT2D eigenvalue weighted by atomic mass is 32.1. The smallest absolute Gasteiger partial charge is 0.259 e. The predicted octanol–water partition coefficient (Wildman–Crippen LogP) is 3.78. The number of carbonyl (C=O) groups is 1. The summed E-state index contributed by atoms with van der Waals surface area (Å²) in [6.07, 6.45) is 1.69. The first-order valence-corrected chi connectivity index (χ1v) is 8.84. The van der Waals surface area contributed by atoms with Gasteiger partial charge in [0.2, 0.25) is 0 Å². The first-order valence-electron chi connectivity index (χ1n) is 8.02. The first kappa shape index (κ1) is 17.1. The van der Waals surface area contributed by atoms with Crippen molar-refractivity contribution >= 4 is 38.8 Å². The number of amides is 1. The average molecular weight is 352 g/mol. The Labute approximate surface area is 150 Å². The number of nitrogens with zero attached hydrogens (tertiary/aromatic N) is 2. The van der Waals surface area contributed by atoms with Gasteiger partial charge in [-0.1, -0.05) is 41.2 Å². The zero-order valence-electron chi connectivity index (χ0n) is 14.5. The Kier molecular flexibility index (Phi) is 5.09. The van der Waals surface area contributed by atoms with Gasteiger partial charge in [0.05, 0.1) is 23.0 Å². The normalized spacial score (nSPS) is 11.2. The number of aryl methyl sites for hydroxylation is 3. The molecule has 0 fully saturated rings. The van der Waals surface area contributed by atoms with Gasteiger partial charge >= 0.3 is 0 Å². The van der Waals surface area contributed by atoms with Crippen molar-refractivity contribution in [2.24, 2.45) is 5.10 Å². The second-order valence-electron chi connectivity index (χ2n) is 5.95. The predicted molar refractivity (Wildman–Crippen MR) is 104 cm³/mol. The van der Waals surface area contributed by atoms with Crippen LogP contribution in [-0.4, -0.2) is 23.7 Å². The molecule has 2 aromatic carbocycles. The number of hydrogen-bond donors (Lipinski definition) is 2.